The van der Waals surface area contributed by atoms with Gasteiger partial charge in [0, 0.05) is 53.3 Å². The number of aromatic nitrogens is 1. The molecule has 11 heteroatoms. The Morgan fingerprint density at radius 1 is 1.22 bits per heavy atom. The van der Waals surface area contributed by atoms with Gasteiger partial charge in [-0.2, -0.15) is 0 Å². The third kappa shape index (κ3) is 5.49. The van der Waals surface area contributed by atoms with Crippen LogP contribution >= 0.6 is 15.9 Å². The van der Waals surface area contributed by atoms with Crippen LogP contribution in [0.15, 0.2) is 45.9 Å². The zero-order valence-electron chi connectivity index (χ0n) is 14.5. The van der Waals surface area contributed by atoms with Crippen molar-refractivity contribution < 1.29 is 22.3 Å². The fraction of sp³-hybridized carbons (Fsp3) is 0.250. The van der Waals surface area contributed by atoms with Crippen LogP contribution in [0.5, 0.6) is 0 Å². The van der Waals surface area contributed by atoms with Gasteiger partial charge in [0.1, 0.15) is 16.5 Å². The van der Waals surface area contributed by atoms with Crippen LogP contribution in [0.4, 0.5) is 10.2 Å². The largest absolute Gasteiger partial charge is 0.378 e. The van der Waals surface area contributed by atoms with Gasteiger partial charge in [0.15, 0.2) is 0 Å². The number of halogens is 2. The van der Waals surface area contributed by atoms with E-state index < -0.39 is 21.7 Å². The molecule has 0 bridgehead atoms. The average molecular weight is 467 g/mol. The molecule has 0 spiro atoms. The third-order valence-corrected chi connectivity index (χ3v) is 5.74. The van der Waals surface area contributed by atoms with Crippen molar-refractivity contribution in [3.63, 3.8) is 0 Å². The van der Waals surface area contributed by atoms with Crippen molar-refractivity contribution in [3.05, 3.63) is 52.4 Å². The molecule has 1 radical (unpaired) electrons. The van der Waals surface area contributed by atoms with Crippen molar-refractivity contribution >= 4 is 67.2 Å². The number of hydrogen-bond donors (Lipinski definition) is 1. The zero-order valence-corrected chi connectivity index (χ0v) is 18.9. The summed E-state index contributed by atoms with van der Waals surface area (Å²) < 4.78 is 45.3. The first kappa shape index (κ1) is 22.3. The van der Waals surface area contributed by atoms with Gasteiger partial charge in [-0.15, -0.1) is 0 Å². The molecule has 7 nitrogen and oxygen atoms in total. The number of pyridine rings is 1. The summed E-state index contributed by atoms with van der Waals surface area (Å²) in [5, 5.41) is 0. The second-order valence-corrected chi connectivity index (χ2v) is 8.05. The number of nitrogens with zero attached hydrogens (tertiary/aromatic N) is 2. The second-order valence-electron chi connectivity index (χ2n) is 5.51. The number of sulfonamides is 1. The molecule has 2 aromatic rings. The Kier molecular flexibility index (Phi) is 7.78. The first-order valence-corrected chi connectivity index (χ1v) is 9.95. The summed E-state index contributed by atoms with van der Waals surface area (Å²) in [6.07, 6.45) is 1.19. The van der Waals surface area contributed by atoms with Gasteiger partial charge < -0.3 is 9.64 Å². The van der Waals surface area contributed by atoms with Gasteiger partial charge in [-0.25, -0.2) is 22.5 Å². The molecular weight excluding hydrogens is 452 g/mol. The molecule has 2 heterocycles. The van der Waals surface area contributed by atoms with E-state index in [4.69, 9.17) is 4.74 Å². The maximum atomic E-state index is 13.1. The van der Waals surface area contributed by atoms with Crippen molar-refractivity contribution in [2.75, 3.05) is 31.2 Å². The van der Waals surface area contributed by atoms with Gasteiger partial charge in [0.2, 0.25) is 0 Å². The SMILES string of the molecule is O=C(NS(=O)(=O)c1ccc(N2CCOCC2)nc1)c1ccc(F)cc1Br.[Na]. The van der Waals surface area contributed by atoms with Gasteiger partial charge in [-0.1, -0.05) is 0 Å². The Bertz CT molecular complexity index is 922. The quantitative estimate of drug-likeness (QED) is 0.687. The van der Waals surface area contributed by atoms with Crippen LogP contribution in [0.25, 0.3) is 0 Å². The molecule has 0 atom stereocenters. The maximum Gasteiger partial charge on any atom is 0.266 e. The van der Waals surface area contributed by atoms with Crippen molar-refractivity contribution in [2.24, 2.45) is 0 Å². The molecule has 1 N–H and O–H groups in total. The molecule has 27 heavy (non-hydrogen) atoms. The predicted molar refractivity (Wildman–Crippen MR) is 102 cm³/mol. The van der Waals surface area contributed by atoms with E-state index in [0.29, 0.717) is 32.1 Å². The van der Waals surface area contributed by atoms with E-state index in [2.05, 4.69) is 20.9 Å². The minimum atomic E-state index is -4.10. The number of carbonyl (C=O) groups excluding carboxylic acids is 1. The Morgan fingerprint density at radius 2 is 1.93 bits per heavy atom. The maximum absolute atomic E-state index is 13.1. The number of rotatable bonds is 4. The van der Waals surface area contributed by atoms with E-state index in [9.17, 15) is 17.6 Å². The predicted octanol–water partition coefficient (Wildman–Crippen LogP) is 1.56. The average Bonchev–Trinajstić information content (AvgIpc) is 2.62. The Morgan fingerprint density at radius 3 is 2.52 bits per heavy atom. The molecule has 1 aliphatic rings. The zero-order chi connectivity index (χ0) is 18.7. The standard InChI is InChI=1S/C16H15BrFN3O4S.Na/c17-14-9-11(18)1-3-13(14)16(22)20-26(23,24)12-2-4-15(19-10-12)21-5-7-25-8-6-21;/h1-4,9-10H,5-8H2,(H,20,22);. The van der Waals surface area contributed by atoms with Crippen LogP contribution in [0.3, 0.4) is 0 Å². The molecular formula is C16H15BrFN3NaO4S. The molecule has 1 aliphatic heterocycles. The number of amides is 1. The van der Waals surface area contributed by atoms with E-state index in [-0.39, 0.29) is 44.5 Å². The Balaban J connectivity index is 0.00000261. The number of hydrogen-bond acceptors (Lipinski definition) is 6. The molecule has 3 rings (SSSR count). The summed E-state index contributed by atoms with van der Waals surface area (Å²) in [5.41, 5.74) is 0.00729. The number of anilines is 1. The molecule has 0 aliphatic carbocycles. The van der Waals surface area contributed by atoms with E-state index in [1.165, 1.54) is 18.3 Å². The van der Waals surface area contributed by atoms with Crippen molar-refractivity contribution in [3.8, 4) is 0 Å². The normalized spacial score (nSPS) is 14.4. The Hall–Kier alpha value is -1.04. The summed E-state index contributed by atoms with van der Waals surface area (Å²) >= 11 is 3.04. The van der Waals surface area contributed by atoms with Gasteiger partial charge in [0.25, 0.3) is 15.9 Å². The van der Waals surface area contributed by atoms with Crippen LogP contribution in [-0.4, -0.2) is 75.2 Å². The van der Waals surface area contributed by atoms with Crippen molar-refractivity contribution in [2.45, 2.75) is 4.90 Å². The monoisotopic (exact) mass is 466 g/mol. The Labute approximate surface area is 186 Å². The van der Waals surface area contributed by atoms with Crippen LogP contribution < -0.4 is 9.62 Å². The summed E-state index contributed by atoms with van der Waals surface area (Å²) in [5.74, 6) is -0.770. The molecule has 1 amide bonds. The van der Waals surface area contributed by atoms with Gasteiger partial charge in [0.05, 0.1) is 18.8 Å². The van der Waals surface area contributed by atoms with Crippen LogP contribution in [0.2, 0.25) is 0 Å². The first-order chi connectivity index (χ1) is 12.4. The summed E-state index contributed by atoms with van der Waals surface area (Å²) in [6, 6.07) is 6.32. The topological polar surface area (TPSA) is 88.6 Å². The molecule has 139 valence electrons. The number of morpholine rings is 1. The van der Waals surface area contributed by atoms with E-state index in [1.807, 2.05) is 9.62 Å². The number of benzene rings is 1. The van der Waals surface area contributed by atoms with E-state index in [1.54, 1.807) is 6.07 Å². The second kappa shape index (κ2) is 9.44. The molecule has 1 saturated heterocycles. The molecule has 1 aromatic carbocycles. The first-order valence-electron chi connectivity index (χ1n) is 7.68. The number of nitrogens with one attached hydrogen (secondary N) is 1. The fourth-order valence-electron chi connectivity index (χ4n) is 2.42. The molecule has 1 aromatic heterocycles. The summed E-state index contributed by atoms with van der Waals surface area (Å²) in [7, 11) is -4.10. The van der Waals surface area contributed by atoms with Crippen molar-refractivity contribution in [1.82, 2.24) is 9.71 Å². The van der Waals surface area contributed by atoms with Gasteiger partial charge in [-0.05, 0) is 46.3 Å². The smallest absolute Gasteiger partial charge is 0.266 e. The summed E-state index contributed by atoms with van der Waals surface area (Å²) in [6.45, 7) is 2.53. The minimum absolute atomic E-state index is 0. The van der Waals surface area contributed by atoms with Crippen molar-refractivity contribution in [1.29, 1.82) is 0 Å². The van der Waals surface area contributed by atoms with Gasteiger partial charge >= 0.3 is 0 Å². The molecule has 1 fully saturated rings. The van der Waals surface area contributed by atoms with Gasteiger partial charge in [-0.3, -0.25) is 4.79 Å². The van der Waals surface area contributed by atoms with Crippen LogP contribution in [-0.2, 0) is 14.8 Å². The third-order valence-electron chi connectivity index (χ3n) is 3.77. The van der Waals surface area contributed by atoms with E-state index >= 15 is 0 Å². The minimum Gasteiger partial charge on any atom is -0.378 e. The van der Waals surface area contributed by atoms with E-state index in [0.717, 1.165) is 12.1 Å². The summed E-state index contributed by atoms with van der Waals surface area (Å²) in [4.78, 5) is 18.2. The number of ether oxygens (including phenoxy) is 1. The van der Waals surface area contributed by atoms with Crippen LogP contribution in [0, 0.1) is 5.82 Å². The van der Waals surface area contributed by atoms with Crippen LogP contribution in [0.1, 0.15) is 10.4 Å². The number of carbonyl (C=O) groups is 1. The fourth-order valence-corrected chi connectivity index (χ4v) is 3.86. The molecule has 0 unspecified atom stereocenters. The molecule has 0 saturated carbocycles.